The number of thiocarbonyl (C=S) groups is 1. The Bertz CT molecular complexity index is 516. The van der Waals surface area contributed by atoms with Gasteiger partial charge in [0.25, 0.3) is 0 Å². The number of nitrogens with two attached hydrogens (primary N) is 1. The van der Waals surface area contributed by atoms with Gasteiger partial charge >= 0.3 is 0 Å². The van der Waals surface area contributed by atoms with Gasteiger partial charge in [-0.3, -0.25) is 0 Å². The van der Waals surface area contributed by atoms with Gasteiger partial charge in [0.15, 0.2) is 0 Å². The number of nitrogens with zero attached hydrogens (tertiary/aromatic N) is 1. The molecule has 0 spiro atoms. The second kappa shape index (κ2) is 6.97. The van der Waals surface area contributed by atoms with Crippen molar-refractivity contribution in [1.82, 2.24) is 4.98 Å². The number of thioether (sulfide) groups is 1. The SMILES string of the molecule is CCC(CC)(CNc1nc2c(cc1C(N)=S)CCC2)SC. The minimum atomic E-state index is 0.244. The van der Waals surface area contributed by atoms with Crippen molar-refractivity contribution >= 4 is 34.8 Å². The summed E-state index contributed by atoms with van der Waals surface area (Å²) < 4.78 is 0.244. The molecule has 1 aromatic rings. The number of aromatic nitrogens is 1. The maximum atomic E-state index is 5.89. The van der Waals surface area contributed by atoms with E-state index in [9.17, 15) is 0 Å². The average molecular weight is 324 g/mol. The fraction of sp³-hybridized carbons (Fsp3) is 0.625. The molecule has 0 bridgehead atoms. The molecule has 0 aromatic carbocycles. The highest BCUT2D eigenvalue weighted by atomic mass is 32.2. The first kappa shape index (κ1) is 16.6. The molecule has 3 nitrogen and oxygen atoms in total. The minimum Gasteiger partial charge on any atom is -0.389 e. The van der Waals surface area contributed by atoms with Crippen molar-refractivity contribution in [3.63, 3.8) is 0 Å². The molecule has 21 heavy (non-hydrogen) atoms. The van der Waals surface area contributed by atoms with E-state index in [-0.39, 0.29) is 4.75 Å². The topological polar surface area (TPSA) is 50.9 Å². The van der Waals surface area contributed by atoms with E-state index < -0.39 is 0 Å². The maximum Gasteiger partial charge on any atom is 0.136 e. The average Bonchev–Trinajstić information content (AvgIpc) is 2.95. The Morgan fingerprint density at radius 1 is 1.43 bits per heavy atom. The highest BCUT2D eigenvalue weighted by molar-refractivity contribution is 8.00. The van der Waals surface area contributed by atoms with Gasteiger partial charge in [-0.05, 0) is 50.0 Å². The lowest BCUT2D eigenvalue weighted by molar-refractivity contribution is 0.574. The van der Waals surface area contributed by atoms with Crippen LogP contribution in [-0.2, 0) is 12.8 Å². The van der Waals surface area contributed by atoms with Gasteiger partial charge in [0.2, 0.25) is 0 Å². The normalized spacial score (nSPS) is 14.0. The first-order valence-electron chi connectivity index (χ1n) is 7.67. The number of fused-ring (bicyclic) bond motifs is 1. The number of anilines is 1. The van der Waals surface area contributed by atoms with Crippen molar-refractivity contribution in [3.05, 3.63) is 22.9 Å². The molecule has 1 heterocycles. The van der Waals surface area contributed by atoms with Gasteiger partial charge in [0, 0.05) is 17.0 Å². The molecule has 3 N–H and O–H groups in total. The Morgan fingerprint density at radius 2 is 2.14 bits per heavy atom. The molecule has 1 aliphatic carbocycles. The third kappa shape index (κ3) is 3.51. The van der Waals surface area contributed by atoms with Crippen LogP contribution in [0.4, 0.5) is 5.82 Å². The van der Waals surface area contributed by atoms with E-state index in [0.29, 0.717) is 4.99 Å². The maximum absolute atomic E-state index is 5.89. The van der Waals surface area contributed by atoms with Crippen molar-refractivity contribution in [3.8, 4) is 0 Å². The number of nitrogens with one attached hydrogen (secondary N) is 1. The smallest absolute Gasteiger partial charge is 0.136 e. The first-order chi connectivity index (χ1) is 10.0. The predicted molar refractivity (Wildman–Crippen MR) is 97.5 cm³/mol. The number of aryl methyl sites for hydroxylation is 2. The van der Waals surface area contributed by atoms with Crippen LogP contribution in [0, 0.1) is 0 Å². The highest BCUT2D eigenvalue weighted by Crippen LogP contribution is 2.32. The van der Waals surface area contributed by atoms with Crippen LogP contribution in [0.1, 0.15) is 49.9 Å². The zero-order valence-corrected chi connectivity index (χ0v) is 14.8. The summed E-state index contributed by atoms with van der Waals surface area (Å²) in [4.78, 5) is 5.23. The van der Waals surface area contributed by atoms with E-state index in [0.717, 1.165) is 43.6 Å². The summed E-state index contributed by atoms with van der Waals surface area (Å²) in [5.41, 5.74) is 9.31. The van der Waals surface area contributed by atoms with Crippen LogP contribution < -0.4 is 11.1 Å². The van der Waals surface area contributed by atoms with E-state index in [1.165, 1.54) is 17.7 Å². The molecular weight excluding hydrogens is 298 g/mol. The van der Waals surface area contributed by atoms with Crippen molar-refractivity contribution in [2.45, 2.75) is 50.7 Å². The molecule has 0 aliphatic heterocycles. The van der Waals surface area contributed by atoms with Crippen LogP contribution in [0.25, 0.3) is 0 Å². The van der Waals surface area contributed by atoms with E-state index >= 15 is 0 Å². The van der Waals surface area contributed by atoms with Crippen molar-refractivity contribution < 1.29 is 0 Å². The van der Waals surface area contributed by atoms with E-state index in [1.54, 1.807) is 0 Å². The van der Waals surface area contributed by atoms with Crippen LogP contribution in [0.5, 0.6) is 0 Å². The van der Waals surface area contributed by atoms with Crippen LogP contribution in [0.2, 0.25) is 0 Å². The summed E-state index contributed by atoms with van der Waals surface area (Å²) >= 11 is 7.13. The molecule has 1 aromatic heterocycles. The Labute approximate surface area is 137 Å². The summed E-state index contributed by atoms with van der Waals surface area (Å²) in [5, 5.41) is 3.52. The standard InChI is InChI=1S/C16H25N3S2/c1-4-16(5-2,21-3)10-18-15-12(14(17)20)9-11-7-6-8-13(11)19-15/h9H,4-8,10H2,1-3H3,(H2,17,20)(H,18,19). The lowest BCUT2D eigenvalue weighted by Crippen LogP contribution is -2.33. The van der Waals surface area contributed by atoms with Gasteiger partial charge in [-0.25, -0.2) is 4.98 Å². The van der Waals surface area contributed by atoms with Gasteiger partial charge < -0.3 is 11.1 Å². The summed E-state index contributed by atoms with van der Waals surface area (Å²) in [7, 11) is 0. The lowest BCUT2D eigenvalue weighted by atomic mass is 10.0. The van der Waals surface area contributed by atoms with Gasteiger partial charge in [-0.1, -0.05) is 26.1 Å². The van der Waals surface area contributed by atoms with Gasteiger partial charge in [0.1, 0.15) is 10.8 Å². The van der Waals surface area contributed by atoms with Gasteiger partial charge in [0.05, 0.1) is 5.56 Å². The third-order valence-corrected chi connectivity index (χ3v) is 6.42. The zero-order chi connectivity index (χ0) is 15.5. The third-order valence-electron chi connectivity index (χ3n) is 4.62. The molecule has 0 amide bonds. The molecule has 0 saturated heterocycles. The number of hydrogen-bond acceptors (Lipinski definition) is 4. The minimum absolute atomic E-state index is 0.244. The van der Waals surface area contributed by atoms with E-state index in [2.05, 4.69) is 31.5 Å². The summed E-state index contributed by atoms with van der Waals surface area (Å²) in [6.07, 6.45) is 7.78. The van der Waals surface area contributed by atoms with Crippen molar-refractivity contribution in [2.75, 3.05) is 18.1 Å². The molecule has 0 radical (unpaired) electrons. The van der Waals surface area contributed by atoms with Crippen LogP contribution in [-0.4, -0.2) is 27.5 Å². The molecule has 0 saturated carbocycles. The number of rotatable bonds is 7. The molecule has 1 aliphatic rings. The summed E-state index contributed by atoms with van der Waals surface area (Å²) in [5.74, 6) is 0.864. The zero-order valence-electron chi connectivity index (χ0n) is 13.2. The van der Waals surface area contributed by atoms with Crippen molar-refractivity contribution in [2.24, 2.45) is 5.73 Å². The fourth-order valence-corrected chi connectivity index (χ4v) is 3.85. The van der Waals surface area contributed by atoms with Crippen LogP contribution >= 0.6 is 24.0 Å². The fourth-order valence-electron chi connectivity index (χ4n) is 2.90. The van der Waals surface area contributed by atoms with E-state index in [4.69, 9.17) is 22.9 Å². The Hall–Kier alpha value is -0.810. The largest absolute Gasteiger partial charge is 0.389 e. The molecule has 0 unspecified atom stereocenters. The Kier molecular flexibility index (Phi) is 5.49. The van der Waals surface area contributed by atoms with E-state index in [1.807, 2.05) is 11.8 Å². The molecule has 2 rings (SSSR count). The molecule has 116 valence electrons. The summed E-state index contributed by atoms with van der Waals surface area (Å²) in [6, 6.07) is 2.14. The van der Waals surface area contributed by atoms with Gasteiger partial charge in [-0.2, -0.15) is 11.8 Å². The van der Waals surface area contributed by atoms with Crippen LogP contribution in [0.3, 0.4) is 0 Å². The number of pyridine rings is 1. The highest BCUT2D eigenvalue weighted by Gasteiger charge is 2.26. The Morgan fingerprint density at radius 3 is 2.71 bits per heavy atom. The predicted octanol–water partition coefficient (Wildman–Crippen LogP) is 3.54. The monoisotopic (exact) mass is 323 g/mol. The molecule has 0 fully saturated rings. The molecular formula is C16H25N3S2. The van der Waals surface area contributed by atoms with Gasteiger partial charge in [-0.15, -0.1) is 0 Å². The second-order valence-electron chi connectivity index (χ2n) is 5.66. The lowest BCUT2D eigenvalue weighted by Gasteiger charge is -2.30. The quantitative estimate of drug-likeness (QED) is 0.752. The number of hydrogen-bond donors (Lipinski definition) is 2. The Balaban J connectivity index is 2.25. The van der Waals surface area contributed by atoms with Crippen LogP contribution in [0.15, 0.2) is 6.07 Å². The first-order valence-corrected chi connectivity index (χ1v) is 9.30. The molecule has 0 atom stereocenters. The molecule has 5 heteroatoms. The summed E-state index contributed by atoms with van der Waals surface area (Å²) in [6.45, 7) is 5.38. The van der Waals surface area contributed by atoms with Crippen molar-refractivity contribution in [1.29, 1.82) is 0 Å². The second-order valence-corrected chi connectivity index (χ2v) is 7.37.